The van der Waals surface area contributed by atoms with Gasteiger partial charge in [0.25, 0.3) is 0 Å². The van der Waals surface area contributed by atoms with E-state index in [9.17, 15) is 9.59 Å². The molecular weight excluding hydrogens is 436 g/mol. The average Bonchev–Trinajstić information content (AvgIpc) is 3.30. The van der Waals surface area contributed by atoms with Gasteiger partial charge < -0.3 is 23.8 Å². The van der Waals surface area contributed by atoms with E-state index in [1.165, 1.54) is 4.90 Å². The van der Waals surface area contributed by atoms with Crippen molar-refractivity contribution in [1.29, 1.82) is 0 Å². The van der Waals surface area contributed by atoms with Crippen LogP contribution >= 0.6 is 0 Å². The first kappa shape index (κ1) is 23.0. The van der Waals surface area contributed by atoms with E-state index < -0.39 is 36.4 Å². The molecule has 8 heteroatoms. The van der Waals surface area contributed by atoms with Crippen LogP contribution in [0.25, 0.3) is 0 Å². The van der Waals surface area contributed by atoms with Crippen LogP contribution in [0.4, 0.5) is 4.79 Å². The highest BCUT2D eigenvalue weighted by molar-refractivity contribution is 5.97. The predicted octanol–water partition coefficient (Wildman–Crippen LogP) is 3.30. The second-order valence-electron chi connectivity index (χ2n) is 9.40. The Hall–Kier alpha value is -2.78. The molecule has 0 bridgehead atoms. The maximum Gasteiger partial charge on any atom is 0.327 e. The maximum atomic E-state index is 13.7. The number of ether oxygens (including phenoxy) is 4. The van der Waals surface area contributed by atoms with Crippen LogP contribution in [-0.2, 0) is 36.8 Å². The second-order valence-corrected chi connectivity index (χ2v) is 9.40. The molecule has 5 rings (SSSR count). The van der Waals surface area contributed by atoms with E-state index in [1.54, 1.807) is 12.0 Å². The molecule has 5 atom stereocenters. The first-order valence-electron chi connectivity index (χ1n) is 11.6. The van der Waals surface area contributed by atoms with Crippen LogP contribution < -0.4 is 0 Å². The summed E-state index contributed by atoms with van der Waals surface area (Å²) in [4.78, 5) is 30.0. The Kier molecular flexibility index (Phi) is 6.16. The fourth-order valence-corrected chi connectivity index (χ4v) is 5.07. The topological polar surface area (TPSA) is 77.5 Å². The van der Waals surface area contributed by atoms with Gasteiger partial charge in [-0.15, -0.1) is 0 Å². The third kappa shape index (κ3) is 4.34. The van der Waals surface area contributed by atoms with Gasteiger partial charge in [-0.1, -0.05) is 60.7 Å². The molecule has 180 valence electrons. The highest BCUT2D eigenvalue weighted by Crippen LogP contribution is 2.41. The number of hydrogen-bond acceptors (Lipinski definition) is 6. The third-order valence-corrected chi connectivity index (χ3v) is 6.62. The van der Waals surface area contributed by atoms with Gasteiger partial charge in [-0.2, -0.15) is 0 Å². The molecule has 2 aromatic carbocycles. The Morgan fingerprint density at radius 3 is 2.15 bits per heavy atom. The molecule has 8 nitrogen and oxygen atoms in total. The molecule has 1 unspecified atom stereocenters. The molecule has 3 saturated heterocycles. The molecule has 3 fully saturated rings. The summed E-state index contributed by atoms with van der Waals surface area (Å²) in [5, 5.41) is 0. The van der Waals surface area contributed by atoms with Crippen LogP contribution in [0.5, 0.6) is 0 Å². The minimum absolute atomic E-state index is 0.124. The molecule has 0 aromatic heterocycles. The van der Waals surface area contributed by atoms with Crippen molar-refractivity contribution in [3.63, 3.8) is 0 Å². The van der Waals surface area contributed by atoms with E-state index >= 15 is 0 Å². The van der Waals surface area contributed by atoms with Crippen molar-refractivity contribution in [2.45, 2.75) is 69.8 Å². The monoisotopic (exact) mass is 466 g/mol. The summed E-state index contributed by atoms with van der Waals surface area (Å²) in [7, 11) is 1.59. The smallest absolute Gasteiger partial charge is 0.327 e. The maximum absolute atomic E-state index is 13.7. The number of urea groups is 1. The van der Waals surface area contributed by atoms with Crippen molar-refractivity contribution >= 4 is 11.9 Å². The lowest BCUT2D eigenvalue weighted by atomic mass is 9.96. The van der Waals surface area contributed by atoms with Crippen molar-refractivity contribution < 1.29 is 28.5 Å². The molecule has 0 aliphatic carbocycles. The summed E-state index contributed by atoms with van der Waals surface area (Å²) in [6, 6.07) is 18.4. The standard InChI is InChI=1S/C26H30N2O6/c1-26(2)33-23-22(31-3)21(32-24(23)34-26)19-14-20(29)28(16-18-12-8-5-9-13-18)25(30)27(19)15-17-10-6-4-7-11-17/h4-13,19,21-24H,14-16H2,1-3H3/t19?,21-,22+,23-,24-/m1/s1. The lowest BCUT2D eigenvalue weighted by Gasteiger charge is -2.43. The second kappa shape index (κ2) is 9.11. The molecule has 0 spiro atoms. The van der Waals surface area contributed by atoms with Gasteiger partial charge in [-0.3, -0.25) is 9.69 Å². The van der Waals surface area contributed by atoms with E-state index in [2.05, 4.69) is 0 Å². The molecule has 0 saturated carbocycles. The van der Waals surface area contributed by atoms with Gasteiger partial charge in [-0.25, -0.2) is 4.79 Å². The number of amides is 3. The zero-order valence-electron chi connectivity index (χ0n) is 19.6. The number of rotatable bonds is 6. The summed E-state index contributed by atoms with van der Waals surface area (Å²) in [6.45, 7) is 4.23. The summed E-state index contributed by atoms with van der Waals surface area (Å²) in [5.74, 6) is -1.02. The van der Waals surface area contributed by atoms with E-state index in [0.717, 1.165) is 11.1 Å². The quantitative estimate of drug-likeness (QED) is 0.650. The molecule has 3 aliphatic rings. The van der Waals surface area contributed by atoms with Crippen LogP contribution in [0.3, 0.4) is 0 Å². The lowest BCUT2D eigenvalue weighted by Crippen LogP contribution is -2.61. The highest BCUT2D eigenvalue weighted by Gasteiger charge is 2.59. The van der Waals surface area contributed by atoms with E-state index in [0.29, 0.717) is 6.54 Å². The van der Waals surface area contributed by atoms with E-state index in [4.69, 9.17) is 18.9 Å². The number of methoxy groups -OCH3 is 1. The molecular formula is C26H30N2O6. The van der Waals surface area contributed by atoms with Crippen LogP contribution in [-0.4, -0.2) is 65.3 Å². The van der Waals surface area contributed by atoms with Crippen LogP contribution in [0.15, 0.2) is 60.7 Å². The van der Waals surface area contributed by atoms with Gasteiger partial charge in [-0.05, 0) is 25.0 Å². The molecule has 3 amide bonds. The van der Waals surface area contributed by atoms with Crippen molar-refractivity contribution in [1.82, 2.24) is 9.80 Å². The van der Waals surface area contributed by atoms with Crippen molar-refractivity contribution in [2.75, 3.05) is 7.11 Å². The number of fused-ring (bicyclic) bond motifs is 1. The van der Waals surface area contributed by atoms with Gasteiger partial charge in [0.2, 0.25) is 5.91 Å². The summed E-state index contributed by atoms with van der Waals surface area (Å²) < 4.78 is 24.0. The first-order valence-corrected chi connectivity index (χ1v) is 11.6. The highest BCUT2D eigenvalue weighted by atomic mass is 16.8. The fraction of sp³-hybridized carbons (Fsp3) is 0.462. The number of nitrogens with zero attached hydrogens (tertiary/aromatic N) is 2. The Labute approximate surface area is 199 Å². The molecule has 34 heavy (non-hydrogen) atoms. The van der Waals surface area contributed by atoms with Gasteiger partial charge in [0.15, 0.2) is 12.1 Å². The van der Waals surface area contributed by atoms with Gasteiger partial charge in [0.1, 0.15) is 18.3 Å². The Morgan fingerprint density at radius 2 is 1.53 bits per heavy atom. The number of carbonyl (C=O) groups is 2. The first-order chi connectivity index (χ1) is 16.4. The van der Waals surface area contributed by atoms with Gasteiger partial charge in [0, 0.05) is 13.7 Å². The van der Waals surface area contributed by atoms with Crippen molar-refractivity contribution in [2.24, 2.45) is 0 Å². The zero-order valence-corrected chi connectivity index (χ0v) is 19.6. The Balaban J connectivity index is 1.44. The van der Waals surface area contributed by atoms with Gasteiger partial charge in [0.05, 0.1) is 19.0 Å². The van der Waals surface area contributed by atoms with Crippen LogP contribution in [0.2, 0.25) is 0 Å². The van der Waals surface area contributed by atoms with Crippen LogP contribution in [0.1, 0.15) is 31.4 Å². The minimum Gasteiger partial charge on any atom is -0.376 e. The predicted molar refractivity (Wildman–Crippen MR) is 122 cm³/mol. The number of imide groups is 1. The molecule has 3 heterocycles. The van der Waals surface area contributed by atoms with Crippen molar-refractivity contribution in [3.05, 3.63) is 71.8 Å². The zero-order chi connectivity index (χ0) is 23.9. The number of hydrogen-bond donors (Lipinski definition) is 0. The normalized spacial score (nSPS) is 30.6. The minimum atomic E-state index is -0.786. The third-order valence-electron chi connectivity index (χ3n) is 6.62. The molecule has 3 aliphatic heterocycles. The summed E-state index contributed by atoms with van der Waals surface area (Å²) in [5.41, 5.74) is 1.86. The van der Waals surface area contributed by atoms with E-state index in [-0.39, 0.29) is 24.9 Å². The van der Waals surface area contributed by atoms with Crippen molar-refractivity contribution in [3.8, 4) is 0 Å². The SMILES string of the molecule is CO[C@@H]1[C@H]2OC(C)(C)O[C@H]2O[C@@H]1C1CC(=O)N(Cc2ccccc2)C(=O)N1Cc1ccccc1. The number of carbonyl (C=O) groups excluding carboxylic acids is 2. The number of benzene rings is 2. The molecule has 0 radical (unpaired) electrons. The van der Waals surface area contributed by atoms with E-state index in [1.807, 2.05) is 74.5 Å². The average molecular weight is 467 g/mol. The Bertz CT molecular complexity index is 1030. The molecule has 2 aromatic rings. The summed E-state index contributed by atoms with van der Waals surface area (Å²) >= 11 is 0. The summed E-state index contributed by atoms with van der Waals surface area (Å²) in [6.07, 6.45) is -1.96. The Morgan fingerprint density at radius 1 is 0.912 bits per heavy atom. The van der Waals surface area contributed by atoms with Gasteiger partial charge >= 0.3 is 6.03 Å². The lowest BCUT2D eigenvalue weighted by molar-refractivity contribution is -0.224. The molecule has 0 N–H and O–H groups in total. The van der Waals surface area contributed by atoms with Crippen LogP contribution in [0, 0.1) is 0 Å². The fourth-order valence-electron chi connectivity index (χ4n) is 5.07. The largest absolute Gasteiger partial charge is 0.376 e.